The zero-order valence-corrected chi connectivity index (χ0v) is 22.4. The number of piperidine rings is 1. The van der Waals surface area contributed by atoms with Crippen molar-refractivity contribution in [3.05, 3.63) is 94.0 Å². The SMILES string of the molecule is COc1ccc2c(c1)C1(CCN(Cc3ccc(C(C)(C)C)cc3)CC1)CN2C(=O)c1cccc(Cl)c1. The first-order valence-corrected chi connectivity index (χ1v) is 13.1. The van der Waals surface area contributed by atoms with Crippen molar-refractivity contribution in [1.29, 1.82) is 0 Å². The Kier molecular flexibility index (Phi) is 6.61. The number of nitrogens with zero attached hydrogens (tertiary/aromatic N) is 2. The van der Waals surface area contributed by atoms with Crippen LogP contribution < -0.4 is 9.64 Å². The van der Waals surface area contributed by atoms with Crippen LogP contribution in [0.1, 0.15) is 60.7 Å². The molecule has 0 unspecified atom stereocenters. The van der Waals surface area contributed by atoms with Gasteiger partial charge < -0.3 is 9.64 Å². The van der Waals surface area contributed by atoms with Crippen molar-refractivity contribution in [3.63, 3.8) is 0 Å². The van der Waals surface area contributed by atoms with E-state index in [1.54, 1.807) is 19.2 Å². The van der Waals surface area contributed by atoms with Crippen molar-refractivity contribution < 1.29 is 9.53 Å². The van der Waals surface area contributed by atoms with Gasteiger partial charge in [-0.05, 0) is 84.4 Å². The van der Waals surface area contributed by atoms with Crippen LogP contribution in [0.15, 0.2) is 66.7 Å². The van der Waals surface area contributed by atoms with Gasteiger partial charge in [0.2, 0.25) is 0 Å². The van der Waals surface area contributed by atoms with Gasteiger partial charge in [-0.15, -0.1) is 0 Å². The molecule has 36 heavy (non-hydrogen) atoms. The molecule has 2 heterocycles. The molecule has 0 bridgehead atoms. The maximum Gasteiger partial charge on any atom is 0.258 e. The number of methoxy groups -OCH3 is 1. The summed E-state index contributed by atoms with van der Waals surface area (Å²) in [5.41, 5.74) is 5.66. The van der Waals surface area contributed by atoms with Crippen molar-refractivity contribution >= 4 is 23.2 Å². The highest BCUT2D eigenvalue weighted by Gasteiger charge is 2.46. The molecule has 4 nitrogen and oxygen atoms in total. The summed E-state index contributed by atoms with van der Waals surface area (Å²) in [4.78, 5) is 18.1. The minimum absolute atomic E-state index is 0.00200. The lowest BCUT2D eigenvalue weighted by Gasteiger charge is -2.40. The molecule has 1 saturated heterocycles. The van der Waals surface area contributed by atoms with Crippen LogP contribution in [-0.4, -0.2) is 37.6 Å². The summed E-state index contributed by atoms with van der Waals surface area (Å²) in [6, 6.07) is 22.4. The van der Waals surface area contributed by atoms with Gasteiger partial charge in [0.1, 0.15) is 5.75 Å². The second-order valence-electron chi connectivity index (χ2n) is 11.3. The molecule has 1 fully saturated rings. The first-order valence-electron chi connectivity index (χ1n) is 12.8. The molecule has 5 heteroatoms. The third-order valence-electron chi connectivity index (χ3n) is 7.88. The molecule has 3 aromatic carbocycles. The van der Waals surface area contributed by atoms with Crippen molar-refractivity contribution in [3.8, 4) is 5.75 Å². The summed E-state index contributed by atoms with van der Waals surface area (Å²) in [6.07, 6.45) is 2.01. The number of carbonyl (C=O) groups excluding carboxylic acids is 1. The van der Waals surface area contributed by atoms with E-state index < -0.39 is 0 Å². The standard InChI is InChI=1S/C31H35ClN2O2/c1-30(2,3)24-10-8-22(9-11-24)20-33-16-14-31(15-17-33)21-34(28-13-12-26(36-4)19-27(28)31)29(35)23-6-5-7-25(32)18-23/h5-13,18-19H,14-17,20-21H2,1-4H3. The predicted molar refractivity (Wildman–Crippen MR) is 147 cm³/mol. The number of fused-ring (bicyclic) bond motifs is 2. The van der Waals surface area contributed by atoms with Crippen molar-refractivity contribution in [2.45, 2.75) is 51.0 Å². The second-order valence-corrected chi connectivity index (χ2v) is 11.7. The van der Waals surface area contributed by atoms with Gasteiger partial charge in [-0.3, -0.25) is 9.69 Å². The number of benzene rings is 3. The van der Waals surface area contributed by atoms with E-state index in [9.17, 15) is 4.79 Å². The number of amides is 1. The first kappa shape index (κ1) is 24.9. The molecule has 188 valence electrons. The quantitative estimate of drug-likeness (QED) is 0.391. The molecule has 0 aromatic heterocycles. The van der Waals surface area contributed by atoms with E-state index in [4.69, 9.17) is 16.3 Å². The van der Waals surface area contributed by atoms with E-state index >= 15 is 0 Å². The fraction of sp³-hybridized carbons (Fsp3) is 0.387. The fourth-order valence-corrected chi connectivity index (χ4v) is 5.86. The van der Waals surface area contributed by atoms with Crippen molar-refractivity contribution in [2.24, 2.45) is 0 Å². The maximum absolute atomic E-state index is 13.6. The zero-order chi connectivity index (χ0) is 25.5. The maximum atomic E-state index is 13.6. The molecule has 1 amide bonds. The lowest BCUT2D eigenvalue weighted by molar-refractivity contribution is 0.0975. The van der Waals surface area contributed by atoms with Crippen LogP contribution in [0.25, 0.3) is 0 Å². The Hall–Kier alpha value is -2.82. The molecule has 2 aliphatic rings. The molecule has 0 saturated carbocycles. The summed E-state index contributed by atoms with van der Waals surface area (Å²) in [7, 11) is 1.70. The zero-order valence-electron chi connectivity index (χ0n) is 21.7. The van der Waals surface area contributed by atoms with Crippen LogP contribution in [-0.2, 0) is 17.4 Å². The molecular weight excluding hydrogens is 468 g/mol. The highest BCUT2D eigenvalue weighted by molar-refractivity contribution is 6.31. The van der Waals surface area contributed by atoms with E-state index in [0.717, 1.165) is 43.9 Å². The molecule has 5 rings (SSSR count). The third-order valence-corrected chi connectivity index (χ3v) is 8.12. The van der Waals surface area contributed by atoms with Gasteiger partial charge in [-0.25, -0.2) is 0 Å². The number of carbonyl (C=O) groups is 1. The Morgan fingerprint density at radius 3 is 2.36 bits per heavy atom. The molecule has 0 atom stereocenters. The minimum Gasteiger partial charge on any atom is -0.497 e. The van der Waals surface area contributed by atoms with E-state index in [-0.39, 0.29) is 16.7 Å². The molecule has 2 aliphatic heterocycles. The molecule has 0 radical (unpaired) electrons. The molecule has 1 spiro atoms. The second kappa shape index (κ2) is 9.57. The number of rotatable bonds is 4. The summed E-state index contributed by atoms with van der Waals surface area (Å²) in [5.74, 6) is 0.841. The summed E-state index contributed by atoms with van der Waals surface area (Å²) in [6.45, 7) is 10.4. The van der Waals surface area contributed by atoms with Gasteiger partial charge in [-0.1, -0.05) is 62.7 Å². The van der Waals surface area contributed by atoms with E-state index in [1.165, 1.54) is 16.7 Å². The molecule has 0 aliphatic carbocycles. The van der Waals surface area contributed by atoms with E-state index in [2.05, 4.69) is 56.0 Å². The van der Waals surface area contributed by atoms with E-state index in [0.29, 0.717) is 17.1 Å². The van der Waals surface area contributed by atoms with E-state index in [1.807, 2.05) is 29.2 Å². The normalized spacial score (nSPS) is 17.3. The van der Waals surface area contributed by atoms with Crippen LogP contribution in [0.4, 0.5) is 5.69 Å². The Balaban J connectivity index is 1.35. The average molecular weight is 503 g/mol. The van der Waals surface area contributed by atoms with Gasteiger partial charge in [0.25, 0.3) is 5.91 Å². The van der Waals surface area contributed by atoms with Crippen molar-refractivity contribution in [1.82, 2.24) is 4.90 Å². The number of hydrogen-bond acceptors (Lipinski definition) is 3. The monoisotopic (exact) mass is 502 g/mol. The van der Waals surface area contributed by atoms with Crippen molar-refractivity contribution in [2.75, 3.05) is 31.6 Å². The average Bonchev–Trinajstić information content (AvgIpc) is 3.18. The number of ether oxygens (including phenoxy) is 1. The first-order chi connectivity index (χ1) is 17.2. The Morgan fingerprint density at radius 2 is 1.72 bits per heavy atom. The number of hydrogen-bond donors (Lipinski definition) is 0. The van der Waals surface area contributed by atoms with Crippen LogP contribution in [0.5, 0.6) is 5.75 Å². The summed E-state index contributed by atoms with van der Waals surface area (Å²) >= 11 is 6.20. The highest BCUT2D eigenvalue weighted by Crippen LogP contribution is 2.49. The molecular formula is C31H35ClN2O2. The minimum atomic E-state index is -0.0648. The summed E-state index contributed by atoms with van der Waals surface area (Å²) < 4.78 is 5.57. The largest absolute Gasteiger partial charge is 0.497 e. The lowest BCUT2D eigenvalue weighted by Crippen LogP contribution is -2.45. The smallest absolute Gasteiger partial charge is 0.258 e. The molecule has 0 N–H and O–H groups in total. The van der Waals surface area contributed by atoms with Crippen LogP contribution in [0.2, 0.25) is 5.02 Å². The predicted octanol–water partition coefficient (Wildman–Crippen LogP) is 6.84. The Labute approximate surface area is 219 Å². The summed E-state index contributed by atoms with van der Waals surface area (Å²) in [5, 5.41) is 0.577. The number of likely N-dealkylation sites (tertiary alicyclic amines) is 1. The van der Waals surface area contributed by atoms with Crippen LogP contribution >= 0.6 is 11.6 Å². The third kappa shape index (κ3) is 4.77. The Bertz CT molecular complexity index is 1250. The number of halogens is 1. The van der Waals surface area contributed by atoms with Gasteiger partial charge in [0.05, 0.1) is 7.11 Å². The topological polar surface area (TPSA) is 32.8 Å². The fourth-order valence-electron chi connectivity index (χ4n) is 5.67. The van der Waals surface area contributed by atoms with Crippen LogP contribution in [0, 0.1) is 0 Å². The lowest BCUT2D eigenvalue weighted by atomic mass is 9.74. The van der Waals surface area contributed by atoms with Crippen LogP contribution in [0.3, 0.4) is 0 Å². The van der Waals surface area contributed by atoms with Gasteiger partial charge in [-0.2, -0.15) is 0 Å². The number of anilines is 1. The van der Waals surface area contributed by atoms with Gasteiger partial charge in [0, 0.05) is 34.8 Å². The van der Waals surface area contributed by atoms with Gasteiger partial charge in [0.15, 0.2) is 0 Å². The Morgan fingerprint density at radius 1 is 1.00 bits per heavy atom. The molecule has 3 aromatic rings. The highest BCUT2D eigenvalue weighted by atomic mass is 35.5. The van der Waals surface area contributed by atoms with Gasteiger partial charge >= 0.3 is 0 Å².